The predicted octanol–water partition coefficient (Wildman–Crippen LogP) is 3.86. The van der Waals surface area contributed by atoms with Crippen LogP contribution in [0.2, 0.25) is 0 Å². The lowest BCUT2D eigenvalue weighted by molar-refractivity contribution is 0.198. The smallest absolute Gasteiger partial charge is 0.226 e. The number of nitrogens with one attached hydrogen (secondary N) is 1. The Labute approximate surface area is 205 Å². The van der Waals surface area contributed by atoms with Gasteiger partial charge in [-0.25, -0.2) is 29.3 Å². The maximum atomic E-state index is 15.4. The lowest BCUT2D eigenvalue weighted by Crippen LogP contribution is -2.23. The molecule has 1 unspecified atom stereocenters. The Bertz CT molecular complexity index is 1600. The van der Waals surface area contributed by atoms with E-state index in [2.05, 4.69) is 30.2 Å². The summed E-state index contributed by atoms with van der Waals surface area (Å²) in [6.07, 6.45) is 4.97. The number of aromatic nitrogens is 6. The van der Waals surface area contributed by atoms with Gasteiger partial charge >= 0.3 is 0 Å². The first kappa shape index (κ1) is 22.1. The van der Waals surface area contributed by atoms with E-state index in [0.717, 1.165) is 11.0 Å². The molecule has 0 saturated carbocycles. The van der Waals surface area contributed by atoms with Crippen LogP contribution in [0.4, 0.5) is 21.8 Å². The molecule has 6 rings (SSSR count). The zero-order valence-electron chi connectivity index (χ0n) is 19.7. The zero-order chi connectivity index (χ0) is 24.8. The third kappa shape index (κ3) is 3.93. The molecule has 11 heteroatoms. The van der Waals surface area contributed by atoms with Gasteiger partial charge in [-0.05, 0) is 37.6 Å². The Morgan fingerprint density at radius 3 is 2.83 bits per heavy atom. The molecule has 0 amide bonds. The van der Waals surface area contributed by atoms with Crippen LogP contribution in [-0.4, -0.2) is 53.8 Å². The molecule has 182 valence electrons. The van der Waals surface area contributed by atoms with E-state index < -0.39 is 11.9 Å². The molecule has 1 fully saturated rings. The molecule has 3 aromatic heterocycles. The Morgan fingerprint density at radius 1 is 1.11 bits per heavy atom. The van der Waals surface area contributed by atoms with Gasteiger partial charge < -0.3 is 24.6 Å². The largest absolute Gasteiger partial charge is 0.457 e. The molecule has 0 bridgehead atoms. The average molecular weight is 487 g/mol. The van der Waals surface area contributed by atoms with Gasteiger partial charge in [-0.1, -0.05) is 0 Å². The van der Waals surface area contributed by atoms with Crippen molar-refractivity contribution in [3.63, 3.8) is 0 Å². The Hall–Kier alpha value is -4.38. The molecule has 1 aliphatic rings. The van der Waals surface area contributed by atoms with Crippen LogP contribution in [0.5, 0.6) is 11.5 Å². The summed E-state index contributed by atoms with van der Waals surface area (Å²) < 4.78 is 23.3. The zero-order valence-corrected chi connectivity index (χ0v) is 19.7. The molecule has 1 saturated heterocycles. The number of hydrogen-bond donors (Lipinski definition) is 2. The number of nitrogens with zero attached hydrogens (tertiary/aromatic N) is 7. The van der Waals surface area contributed by atoms with Crippen molar-refractivity contribution in [2.75, 3.05) is 23.3 Å². The molecule has 4 heterocycles. The van der Waals surface area contributed by atoms with Crippen LogP contribution in [0.25, 0.3) is 22.1 Å². The quantitative estimate of drug-likeness (QED) is 0.382. The normalized spacial score (nSPS) is 15.7. The van der Waals surface area contributed by atoms with Crippen molar-refractivity contribution < 1.29 is 14.2 Å². The van der Waals surface area contributed by atoms with Crippen LogP contribution < -0.4 is 15.0 Å². The Balaban J connectivity index is 1.29. The minimum atomic E-state index is -0.463. The second kappa shape index (κ2) is 8.68. The van der Waals surface area contributed by atoms with E-state index in [-0.39, 0.29) is 5.69 Å². The van der Waals surface area contributed by atoms with Crippen molar-refractivity contribution in [1.29, 1.82) is 0 Å². The highest BCUT2D eigenvalue weighted by Crippen LogP contribution is 2.33. The molecule has 1 aliphatic heterocycles. The molecule has 0 radical (unpaired) electrons. The summed E-state index contributed by atoms with van der Waals surface area (Å²) in [7, 11) is 1.92. The third-order valence-corrected chi connectivity index (χ3v) is 6.33. The minimum absolute atomic E-state index is 0.233. The standard InChI is InChI=1S/C25H23FN8O2/c1-14-21(36-16-3-5-20-18(9-16)30-13-33(20)2)6-4-17(22(14)26)31-24-23-19(28-12-29-24)10-27-25(32-23)34-8-7-15(35)11-34/h3-6,9-10,12-13,15,35H,7-8,11H2,1-2H3,(H,28,29,31). The van der Waals surface area contributed by atoms with Crippen molar-refractivity contribution in [3.8, 4) is 11.5 Å². The summed E-state index contributed by atoms with van der Waals surface area (Å²) in [5, 5.41) is 12.9. The summed E-state index contributed by atoms with van der Waals surface area (Å²) >= 11 is 0. The van der Waals surface area contributed by atoms with Gasteiger partial charge in [0.25, 0.3) is 0 Å². The van der Waals surface area contributed by atoms with Crippen LogP contribution in [0, 0.1) is 12.7 Å². The van der Waals surface area contributed by atoms with Crippen LogP contribution in [0.3, 0.4) is 0 Å². The Morgan fingerprint density at radius 2 is 2.00 bits per heavy atom. The van der Waals surface area contributed by atoms with Gasteiger partial charge in [0.1, 0.15) is 28.9 Å². The molecule has 2 aromatic carbocycles. The van der Waals surface area contributed by atoms with Crippen LogP contribution in [0.15, 0.2) is 49.2 Å². The molecule has 36 heavy (non-hydrogen) atoms. The monoisotopic (exact) mass is 486 g/mol. The van der Waals surface area contributed by atoms with E-state index in [1.54, 1.807) is 31.6 Å². The van der Waals surface area contributed by atoms with Crippen molar-refractivity contribution >= 4 is 39.5 Å². The van der Waals surface area contributed by atoms with Crippen molar-refractivity contribution in [3.05, 3.63) is 60.6 Å². The predicted molar refractivity (Wildman–Crippen MR) is 133 cm³/mol. The Kier molecular flexibility index (Phi) is 5.33. The van der Waals surface area contributed by atoms with Gasteiger partial charge in [-0.2, -0.15) is 0 Å². The summed E-state index contributed by atoms with van der Waals surface area (Å²) in [5.41, 5.74) is 3.35. The fraction of sp³-hybridized carbons (Fsp3) is 0.240. The number of imidazole rings is 1. The molecule has 1 atom stereocenters. The number of hydrogen-bond acceptors (Lipinski definition) is 9. The molecular formula is C25H23FN8O2. The fourth-order valence-corrected chi connectivity index (χ4v) is 4.32. The number of halogens is 1. The van der Waals surface area contributed by atoms with Gasteiger partial charge in [0.15, 0.2) is 11.6 Å². The maximum Gasteiger partial charge on any atom is 0.226 e. The van der Waals surface area contributed by atoms with Crippen molar-refractivity contribution in [2.45, 2.75) is 19.4 Å². The van der Waals surface area contributed by atoms with Crippen LogP contribution in [0.1, 0.15) is 12.0 Å². The lowest BCUT2D eigenvalue weighted by atomic mass is 10.1. The highest BCUT2D eigenvalue weighted by molar-refractivity contribution is 5.87. The number of aliphatic hydroxyl groups is 1. The molecule has 2 N–H and O–H groups in total. The SMILES string of the molecule is Cc1c(Oc2ccc3c(c2)ncn3C)ccc(Nc2ncnc3cnc(N4CCC(O)C4)nc23)c1F. The fourth-order valence-electron chi connectivity index (χ4n) is 4.32. The topological polar surface area (TPSA) is 114 Å². The van der Waals surface area contributed by atoms with E-state index in [1.165, 1.54) is 6.33 Å². The maximum absolute atomic E-state index is 15.4. The number of rotatable bonds is 5. The van der Waals surface area contributed by atoms with Crippen LogP contribution >= 0.6 is 0 Å². The second-order valence-electron chi connectivity index (χ2n) is 8.80. The number of anilines is 3. The molecular weight excluding hydrogens is 463 g/mol. The van der Waals surface area contributed by atoms with Gasteiger partial charge in [0.05, 0.1) is 35.3 Å². The van der Waals surface area contributed by atoms with Gasteiger partial charge in [-0.3, -0.25) is 0 Å². The molecule has 0 spiro atoms. The number of ether oxygens (including phenoxy) is 1. The first-order valence-corrected chi connectivity index (χ1v) is 11.5. The number of aliphatic hydroxyl groups excluding tert-OH is 1. The highest BCUT2D eigenvalue weighted by atomic mass is 19.1. The first-order chi connectivity index (χ1) is 17.5. The number of fused-ring (bicyclic) bond motifs is 2. The minimum Gasteiger partial charge on any atom is -0.457 e. The number of aryl methyl sites for hydroxylation is 1. The van der Waals surface area contributed by atoms with E-state index >= 15 is 4.39 Å². The first-order valence-electron chi connectivity index (χ1n) is 11.5. The third-order valence-electron chi connectivity index (χ3n) is 6.33. The molecule has 10 nitrogen and oxygen atoms in total. The van der Waals surface area contributed by atoms with E-state index in [1.807, 2.05) is 34.7 Å². The second-order valence-corrected chi connectivity index (χ2v) is 8.80. The molecule has 5 aromatic rings. The van der Waals surface area contributed by atoms with Gasteiger partial charge in [-0.15, -0.1) is 0 Å². The summed E-state index contributed by atoms with van der Waals surface area (Å²) in [6.45, 7) is 2.78. The van der Waals surface area contributed by atoms with E-state index in [0.29, 0.717) is 59.4 Å². The lowest BCUT2D eigenvalue weighted by Gasteiger charge is -2.16. The van der Waals surface area contributed by atoms with E-state index in [4.69, 9.17) is 4.74 Å². The summed E-state index contributed by atoms with van der Waals surface area (Å²) in [4.78, 5) is 23.7. The van der Waals surface area contributed by atoms with Gasteiger partial charge in [0.2, 0.25) is 5.95 Å². The summed E-state index contributed by atoms with van der Waals surface area (Å²) in [6, 6.07) is 8.88. The van der Waals surface area contributed by atoms with Gasteiger partial charge in [0, 0.05) is 31.8 Å². The van der Waals surface area contributed by atoms with Crippen molar-refractivity contribution in [2.24, 2.45) is 7.05 Å². The summed E-state index contributed by atoms with van der Waals surface area (Å²) in [5.74, 6) is 1.34. The average Bonchev–Trinajstić information content (AvgIpc) is 3.49. The number of benzene rings is 2. The highest BCUT2D eigenvalue weighted by Gasteiger charge is 2.23. The van der Waals surface area contributed by atoms with E-state index in [9.17, 15) is 5.11 Å². The van der Waals surface area contributed by atoms with Crippen LogP contribution in [-0.2, 0) is 7.05 Å². The number of β-amino-alcohol motifs (C(OH)–C–C–N with tert-alkyl or cyclic N) is 1. The van der Waals surface area contributed by atoms with Crippen molar-refractivity contribution in [1.82, 2.24) is 29.5 Å². The molecule has 0 aliphatic carbocycles.